The summed E-state index contributed by atoms with van der Waals surface area (Å²) < 4.78 is 26.3. The molecule has 0 bridgehead atoms. The molecule has 1 N–H and O–H groups in total. The number of aliphatic hydroxyl groups is 1. The van der Waals surface area contributed by atoms with Gasteiger partial charge in [-0.05, 0) is 66.7 Å². The minimum atomic E-state index is -2.67. The normalized spacial score (nSPS) is 22.1. The van der Waals surface area contributed by atoms with Crippen molar-refractivity contribution in [3.05, 3.63) is 72.8 Å². The zero-order valence-electron chi connectivity index (χ0n) is 28.8. The molecule has 5 nitrogen and oxygen atoms in total. The van der Waals surface area contributed by atoms with Gasteiger partial charge in [-0.2, -0.15) is 0 Å². The number of hydrogen-bond donors (Lipinski definition) is 1. The van der Waals surface area contributed by atoms with Gasteiger partial charge in [0.25, 0.3) is 8.32 Å². The molecule has 0 unspecified atom stereocenters. The largest absolute Gasteiger partial charge is 0.414 e. The van der Waals surface area contributed by atoms with Crippen LogP contribution in [-0.2, 0) is 18.3 Å². The molecule has 0 amide bonds. The monoisotopic (exact) mass is 626 g/mol. The van der Waals surface area contributed by atoms with Gasteiger partial charge in [0.05, 0.1) is 6.10 Å². The van der Waals surface area contributed by atoms with E-state index in [1.807, 2.05) is 19.9 Å². The minimum Gasteiger partial charge on any atom is -0.414 e. The van der Waals surface area contributed by atoms with Crippen molar-refractivity contribution < 1.29 is 23.4 Å². The van der Waals surface area contributed by atoms with Gasteiger partial charge in [0.15, 0.2) is 14.1 Å². The van der Waals surface area contributed by atoms with Crippen LogP contribution in [0.3, 0.4) is 0 Å². The molecule has 43 heavy (non-hydrogen) atoms. The van der Waals surface area contributed by atoms with Crippen molar-refractivity contribution in [1.29, 1.82) is 0 Å². The maximum Gasteiger partial charge on any atom is 0.261 e. The number of rotatable bonds is 12. The molecule has 1 saturated heterocycles. The Labute approximate surface area is 264 Å². The molecule has 2 aromatic carbocycles. The smallest absolute Gasteiger partial charge is 0.261 e. The van der Waals surface area contributed by atoms with Crippen molar-refractivity contribution in [3.8, 4) is 0 Å². The van der Waals surface area contributed by atoms with Crippen LogP contribution >= 0.6 is 0 Å². The van der Waals surface area contributed by atoms with E-state index < -0.39 is 34.6 Å². The van der Waals surface area contributed by atoms with Gasteiger partial charge >= 0.3 is 0 Å². The van der Waals surface area contributed by atoms with E-state index in [4.69, 9.17) is 18.3 Å². The quantitative estimate of drug-likeness (QED) is 0.196. The maximum atomic E-state index is 11.3. The van der Waals surface area contributed by atoms with Crippen molar-refractivity contribution in [2.24, 2.45) is 5.92 Å². The summed E-state index contributed by atoms with van der Waals surface area (Å²) >= 11 is 0. The van der Waals surface area contributed by atoms with Crippen molar-refractivity contribution in [2.45, 2.75) is 129 Å². The van der Waals surface area contributed by atoms with E-state index in [0.717, 1.165) is 0 Å². The lowest BCUT2D eigenvalue weighted by atomic mass is 10.0. The average Bonchev–Trinajstić information content (AvgIpc) is 3.23. The van der Waals surface area contributed by atoms with Crippen molar-refractivity contribution in [2.75, 3.05) is 6.61 Å². The summed E-state index contributed by atoms with van der Waals surface area (Å²) in [7, 11) is -4.55. The summed E-state index contributed by atoms with van der Waals surface area (Å²) in [5.74, 6) is -0.637. The first-order valence-corrected chi connectivity index (χ1v) is 20.8. The molecule has 0 spiro atoms. The van der Waals surface area contributed by atoms with Gasteiger partial charge in [-0.25, -0.2) is 0 Å². The van der Waals surface area contributed by atoms with Gasteiger partial charge in [0, 0.05) is 12.7 Å². The van der Waals surface area contributed by atoms with Gasteiger partial charge < -0.3 is 23.4 Å². The second-order valence-corrected chi connectivity index (χ2v) is 24.3. The molecule has 1 aliphatic heterocycles. The Morgan fingerprint density at radius 3 is 1.81 bits per heavy atom. The van der Waals surface area contributed by atoms with E-state index in [9.17, 15) is 5.11 Å². The van der Waals surface area contributed by atoms with Gasteiger partial charge in [0.1, 0.15) is 12.2 Å². The highest BCUT2D eigenvalue weighted by Gasteiger charge is 2.51. The van der Waals surface area contributed by atoms with Crippen LogP contribution in [0, 0.1) is 5.92 Å². The zero-order valence-corrected chi connectivity index (χ0v) is 30.8. The lowest BCUT2D eigenvalue weighted by molar-refractivity contribution is -0.153. The fourth-order valence-corrected chi connectivity index (χ4v) is 11.8. The van der Waals surface area contributed by atoms with Gasteiger partial charge in [-0.3, -0.25) is 0 Å². The zero-order chi connectivity index (χ0) is 32.3. The maximum absolute atomic E-state index is 11.3. The van der Waals surface area contributed by atoms with E-state index in [-0.39, 0.29) is 28.2 Å². The first kappa shape index (κ1) is 35.9. The summed E-state index contributed by atoms with van der Waals surface area (Å²) in [6.07, 6.45) is 3.00. The summed E-state index contributed by atoms with van der Waals surface area (Å²) in [4.78, 5) is 0. The summed E-state index contributed by atoms with van der Waals surface area (Å²) in [5, 5.41) is 13.9. The predicted octanol–water partition coefficient (Wildman–Crippen LogP) is 7.44. The van der Waals surface area contributed by atoms with Crippen molar-refractivity contribution >= 4 is 27.0 Å². The second-order valence-electron chi connectivity index (χ2n) is 15.3. The van der Waals surface area contributed by atoms with Crippen molar-refractivity contribution in [1.82, 2.24) is 0 Å². The van der Waals surface area contributed by atoms with Crippen molar-refractivity contribution in [3.63, 3.8) is 0 Å². The molecule has 0 aliphatic carbocycles. The van der Waals surface area contributed by atoms with Gasteiger partial charge in [0.2, 0.25) is 0 Å². The fourth-order valence-electron chi connectivity index (χ4n) is 5.77. The third kappa shape index (κ3) is 8.57. The van der Waals surface area contributed by atoms with Crippen LogP contribution in [-0.4, -0.2) is 58.6 Å². The Kier molecular flexibility index (Phi) is 11.5. The topological polar surface area (TPSA) is 57.2 Å². The summed E-state index contributed by atoms with van der Waals surface area (Å²) in [6.45, 7) is 26.8. The molecule has 240 valence electrons. The van der Waals surface area contributed by atoms with Crippen LogP contribution in [0.4, 0.5) is 0 Å². The van der Waals surface area contributed by atoms with Crippen LogP contribution in [0.2, 0.25) is 23.2 Å². The second kappa shape index (κ2) is 13.8. The van der Waals surface area contributed by atoms with E-state index in [1.54, 1.807) is 0 Å². The van der Waals surface area contributed by atoms with Crippen LogP contribution in [0.15, 0.2) is 72.8 Å². The molecule has 0 aromatic heterocycles. The Morgan fingerprint density at radius 1 is 0.837 bits per heavy atom. The fraction of sp³-hybridized carbons (Fsp3) is 0.611. The number of aliphatic hydroxyl groups excluding tert-OH is 1. The Bertz CT molecular complexity index is 1130. The summed E-state index contributed by atoms with van der Waals surface area (Å²) in [6, 6.07) is 21.3. The van der Waals surface area contributed by atoms with E-state index >= 15 is 0 Å². The SMILES string of the molecule is C[C@H](C=C[C@@H](O)[C@H]1OC(C)(C)O[C@H]1CCO[Si](c1ccccc1)(c1ccccc1)C(C)(C)C)[C@H](C)O[Si](C)(C)C(C)(C)C. The highest BCUT2D eigenvalue weighted by atomic mass is 28.4. The average molecular weight is 627 g/mol. The highest BCUT2D eigenvalue weighted by molar-refractivity contribution is 6.99. The number of hydrogen-bond acceptors (Lipinski definition) is 5. The molecule has 3 rings (SSSR count). The molecule has 0 radical (unpaired) electrons. The number of ether oxygens (including phenoxy) is 2. The predicted molar refractivity (Wildman–Crippen MR) is 184 cm³/mol. The summed E-state index contributed by atoms with van der Waals surface area (Å²) in [5.41, 5.74) is 0. The molecule has 2 aromatic rings. The van der Waals surface area contributed by atoms with Gasteiger partial charge in [-0.1, -0.05) is 121 Å². The van der Waals surface area contributed by atoms with Crippen LogP contribution in [0.25, 0.3) is 0 Å². The Hall–Kier alpha value is -1.59. The van der Waals surface area contributed by atoms with Crippen LogP contribution in [0.1, 0.15) is 75.7 Å². The third-order valence-corrected chi connectivity index (χ3v) is 19.0. The lowest BCUT2D eigenvalue weighted by Crippen LogP contribution is -2.66. The van der Waals surface area contributed by atoms with E-state index in [0.29, 0.717) is 13.0 Å². The molecule has 1 fully saturated rings. The van der Waals surface area contributed by atoms with E-state index in [2.05, 4.69) is 135 Å². The van der Waals surface area contributed by atoms with Crippen LogP contribution in [0.5, 0.6) is 0 Å². The third-order valence-electron chi connectivity index (χ3n) is 9.33. The minimum absolute atomic E-state index is 0.0529. The first-order valence-electron chi connectivity index (χ1n) is 16.0. The molecule has 1 heterocycles. The molecule has 7 heteroatoms. The molecule has 1 aliphatic rings. The molecule has 5 atom stereocenters. The molecular formula is C36H58O5Si2. The van der Waals surface area contributed by atoms with Gasteiger partial charge in [-0.15, -0.1) is 0 Å². The lowest BCUT2D eigenvalue weighted by Gasteiger charge is -2.43. The molecular weight excluding hydrogens is 569 g/mol. The van der Waals surface area contributed by atoms with Crippen LogP contribution < -0.4 is 10.4 Å². The Balaban J connectivity index is 1.77. The standard InChI is InChI=1S/C36H58O5Si2/c1-27(28(2)41-42(11,12)34(3,4)5)23-24-31(37)33-32(39-36(9,10)40-33)25-26-38-43(35(6,7)8,29-19-15-13-16-20-29)30-21-17-14-18-22-30/h13-24,27-28,31-33,37H,25-26H2,1-12H3/t27-,28+,31-,32+,33-/m1/s1. The highest BCUT2D eigenvalue weighted by Crippen LogP contribution is 2.39. The first-order chi connectivity index (χ1) is 19.8. The molecule has 0 saturated carbocycles. The van der Waals surface area contributed by atoms with E-state index in [1.165, 1.54) is 10.4 Å². The Morgan fingerprint density at radius 2 is 1.35 bits per heavy atom. The number of benzene rings is 2.